The molecular weight excluding hydrogens is 186 g/mol. The molecule has 2 heterocycles. The number of para-hydroxylation sites is 1. The summed E-state index contributed by atoms with van der Waals surface area (Å²) >= 11 is 0. The molecule has 3 rings (SSSR count). The Hall–Kier alpha value is -2.03. The minimum absolute atomic E-state index is 1.11. The SMILES string of the molecule is Cc1cc2cccc(-c3cn[nH]c3)c2[nH]1. The van der Waals surface area contributed by atoms with Gasteiger partial charge in [0.05, 0.1) is 11.7 Å². The number of fused-ring (bicyclic) bond motifs is 1. The van der Waals surface area contributed by atoms with Gasteiger partial charge in [0.1, 0.15) is 0 Å². The van der Waals surface area contributed by atoms with Crippen LogP contribution in [0.3, 0.4) is 0 Å². The summed E-state index contributed by atoms with van der Waals surface area (Å²) in [7, 11) is 0. The molecule has 2 aromatic heterocycles. The highest BCUT2D eigenvalue weighted by atomic mass is 15.1. The van der Waals surface area contributed by atoms with Gasteiger partial charge in [0.2, 0.25) is 0 Å². The molecule has 3 aromatic rings. The summed E-state index contributed by atoms with van der Waals surface area (Å²) in [6, 6.07) is 8.43. The van der Waals surface area contributed by atoms with E-state index in [0.29, 0.717) is 0 Å². The van der Waals surface area contributed by atoms with E-state index >= 15 is 0 Å². The molecule has 15 heavy (non-hydrogen) atoms. The molecule has 0 amide bonds. The molecule has 0 aliphatic heterocycles. The van der Waals surface area contributed by atoms with Crippen molar-refractivity contribution in [3.63, 3.8) is 0 Å². The molecule has 0 unspecified atom stereocenters. The van der Waals surface area contributed by atoms with Crippen LogP contribution in [0, 0.1) is 6.92 Å². The summed E-state index contributed by atoms with van der Waals surface area (Å²) in [6.45, 7) is 2.07. The Labute approximate surface area is 87.1 Å². The number of hydrogen-bond donors (Lipinski definition) is 2. The van der Waals surface area contributed by atoms with Crippen molar-refractivity contribution >= 4 is 10.9 Å². The molecule has 0 saturated carbocycles. The van der Waals surface area contributed by atoms with Crippen molar-refractivity contribution in [2.24, 2.45) is 0 Å². The fraction of sp³-hybridized carbons (Fsp3) is 0.0833. The lowest BCUT2D eigenvalue weighted by Gasteiger charge is -1.98. The maximum atomic E-state index is 3.97. The van der Waals surface area contributed by atoms with Gasteiger partial charge in [0, 0.05) is 28.4 Å². The van der Waals surface area contributed by atoms with Crippen LogP contribution in [0.5, 0.6) is 0 Å². The first-order valence-electron chi connectivity index (χ1n) is 4.92. The Bertz CT molecular complexity index is 590. The summed E-state index contributed by atoms with van der Waals surface area (Å²) in [4.78, 5) is 3.37. The summed E-state index contributed by atoms with van der Waals surface area (Å²) < 4.78 is 0. The van der Waals surface area contributed by atoms with E-state index in [4.69, 9.17) is 0 Å². The molecular formula is C12H11N3. The molecule has 0 bridgehead atoms. The predicted molar refractivity (Wildman–Crippen MR) is 60.6 cm³/mol. The number of aryl methyl sites for hydroxylation is 1. The van der Waals surface area contributed by atoms with Crippen molar-refractivity contribution < 1.29 is 0 Å². The molecule has 0 aliphatic rings. The third kappa shape index (κ3) is 1.24. The molecule has 1 aromatic carbocycles. The minimum Gasteiger partial charge on any atom is -0.358 e. The van der Waals surface area contributed by atoms with Crippen LogP contribution in [-0.4, -0.2) is 15.2 Å². The molecule has 74 valence electrons. The van der Waals surface area contributed by atoms with Gasteiger partial charge in [-0.05, 0) is 13.0 Å². The van der Waals surface area contributed by atoms with Crippen molar-refractivity contribution in [2.45, 2.75) is 6.92 Å². The van der Waals surface area contributed by atoms with Crippen molar-refractivity contribution in [1.82, 2.24) is 15.2 Å². The number of nitrogens with zero attached hydrogens (tertiary/aromatic N) is 1. The van der Waals surface area contributed by atoms with Gasteiger partial charge in [0.15, 0.2) is 0 Å². The number of aromatic amines is 2. The Morgan fingerprint density at radius 3 is 3.00 bits per heavy atom. The lowest BCUT2D eigenvalue weighted by molar-refractivity contribution is 1.09. The monoisotopic (exact) mass is 197 g/mol. The van der Waals surface area contributed by atoms with Gasteiger partial charge in [-0.2, -0.15) is 5.10 Å². The van der Waals surface area contributed by atoms with Gasteiger partial charge in [-0.3, -0.25) is 5.10 Å². The van der Waals surface area contributed by atoms with E-state index < -0.39 is 0 Å². The van der Waals surface area contributed by atoms with Gasteiger partial charge >= 0.3 is 0 Å². The Morgan fingerprint density at radius 2 is 2.20 bits per heavy atom. The quantitative estimate of drug-likeness (QED) is 0.619. The third-order valence-electron chi connectivity index (χ3n) is 2.60. The number of hydrogen-bond acceptors (Lipinski definition) is 1. The van der Waals surface area contributed by atoms with Crippen molar-refractivity contribution in [3.8, 4) is 11.1 Å². The zero-order chi connectivity index (χ0) is 10.3. The number of aromatic nitrogens is 3. The van der Waals surface area contributed by atoms with Gasteiger partial charge < -0.3 is 4.98 Å². The van der Waals surface area contributed by atoms with E-state index in [1.54, 1.807) is 0 Å². The zero-order valence-corrected chi connectivity index (χ0v) is 8.41. The molecule has 0 atom stereocenters. The Balaban J connectivity index is 2.35. The van der Waals surface area contributed by atoms with Gasteiger partial charge in [0.25, 0.3) is 0 Å². The zero-order valence-electron chi connectivity index (χ0n) is 8.41. The van der Waals surface area contributed by atoms with E-state index in [9.17, 15) is 0 Å². The lowest BCUT2D eigenvalue weighted by atomic mass is 10.1. The van der Waals surface area contributed by atoms with Crippen LogP contribution in [0.2, 0.25) is 0 Å². The normalized spacial score (nSPS) is 11.0. The van der Waals surface area contributed by atoms with E-state index in [1.807, 2.05) is 12.4 Å². The van der Waals surface area contributed by atoms with Crippen LogP contribution in [-0.2, 0) is 0 Å². The van der Waals surface area contributed by atoms with Crippen molar-refractivity contribution in [1.29, 1.82) is 0 Å². The Morgan fingerprint density at radius 1 is 1.27 bits per heavy atom. The molecule has 0 spiro atoms. The number of rotatable bonds is 1. The van der Waals surface area contributed by atoms with E-state index in [0.717, 1.165) is 5.56 Å². The average Bonchev–Trinajstić information content (AvgIpc) is 2.82. The van der Waals surface area contributed by atoms with Gasteiger partial charge in [-0.15, -0.1) is 0 Å². The number of H-pyrrole nitrogens is 2. The first kappa shape index (κ1) is 8.29. The summed E-state index contributed by atoms with van der Waals surface area (Å²) in [6.07, 6.45) is 3.75. The summed E-state index contributed by atoms with van der Waals surface area (Å²) in [5, 5.41) is 8.05. The second-order valence-corrected chi connectivity index (χ2v) is 3.71. The topological polar surface area (TPSA) is 44.5 Å². The standard InChI is InChI=1S/C12H11N3/c1-8-5-9-3-2-4-11(12(9)15-8)10-6-13-14-7-10/h2-7,15H,1H3,(H,13,14). The highest BCUT2D eigenvalue weighted by molar-refractivity contribution is 5.94. The first-order valence-corrected chi connectivity index (χ1v) is 4.92. The van der Waals surface area contributed by atoms with Crippen LogP contribution in [0.25, 0.3) is 22.0 Å². The lowest BCUT2D eigenvalue weighted by Crippen LogP contribution is -1.77. The van der Waals surface area contributed by atoms with Crippen LogP contribution in [0.4, 0.5) is 0 Å². The second kappa shape index (κ2) is 2.98. The minimum atomic E-state index is 1.11. The summed E-state index contributed by atoms with van der Waals surface area (Å²) in [5.41, 5.74) is 4.66. The van der Waals surface area contributed by atoms with Crippen molar-refractivity contribution in [2.75, 3.05) is 0 Å². The van der Waals surface area contributed by atoms with Crippen LogP contribution in [0.15, 0.2) is 36.7 Å². The molecule has 2 N–H and O–H groups in total. The predicted octanol–water partition coefficient (Wildman–Crippen LogP) is 2.87. The largest absolute Gasteiger partial charge is 0.358 e. The molecule has 3 heteroatoms. The second-order valence-electron chi connectivity index (χ2n) is 3.71. The number of benzene rings is 1. The van der Waals surface area contributed by atoms with Crippen LogP contribution in [0.1, 0.15) is 5.69 Å². The maximum absolute atomic E-state index is 3.97. The molecule has 0 saturated heterocycles. The molecule has 0 fully saturated rings. The third-order valence-corrected chi connectivity index (χ3v) is 2.60. The van der Waals surface area contributed by atoms with Crippen LogP contribution >= 0.6 is 0 Å². The van der Waals surface area contributed by atoms with E-state index in [2.05, 4.69) is 46.4 Å². The highest BCUT2D eigenvalue weighted by Crippen LogP contribution is 2.27. The van der Waals surface area contributed by atoms with E-state index in [1.165, 1.54) is 22.2 Å². The fourth-order valence-corrected chi connectivity index (χ4v) is 1.94. The highest BCUT2D eigenvalue weighted by Gasteiger charge is 2.05. The summed E-state index contributed by atoms with van der Waals surface area (Å²) in [5.74, 6) is 0. The number of nitrogens with one attached hydrogen (secondary N) is 2. The van der Waals surface area contributed by atoms with Gasteiger partial charge in [-0.1, -0.05) is 18.2 Å². The maximum Gasteiger partial charge on any atom is 0.0566 e. The fourth-order valence-electron chi connectivity index (χ4n) is 1.94. The molecule has 0 radical (unpaired) electrons. The Kier molecular flexibility index (Phi) is 1.65. The smallest absolute Gasteiger partial charge is 0.0566 e. The molecule has 0 aliphatic carbocycles. The average molecular weight is 197 g/mol. The van der Waals surface area contributed by atoms with E-state index in [-0.39, 0.29) is 0 Å². The van der Waals surface area contributed by atoms with Gasteiger partial charge in [-0.25, -0.2) is 0 Å². The first-order chi connectivity index (χ1) is 7.34. The molecule has 3 nitrogen and oxygen atoms in total. The van der Waals surface area contributed by atoms with Crippen LogP contribution < -0.4 is 0 Å². The van der Waals surface area contributed by atoms with Crippen molar-refractivity contribution in [3.05, 3.63) is 42.4 Å².